The Labute approximate surface area is 156 Å². The molecule has 0 fully saturated rings. The number of hydrogen-bond acceptors (Lipinski definition) is 6. The molecule has 4 rings (SSSR count). The maximum absolute atomic E-state index is 11.1. The normalized spacial score (nSPS) is 17.2. The van der Waals surface area contributed by atoms with Gasteiger partial charge in [0.25, 0.3) is 0 Å². The minimum Gasteiger partial charge on any atom is -0.478 e. The molecule has 0 radical (unpaired) electrons. The number of nitrogens with one attached hydrogen (secondary N) is 1. The maximum atomic E-state index is 11.1. The lowest BCUT2D eigenvalue weighted by Crippen LogP contribution is -2.34. The number of aromatic amines is 1. The summed E-state index contributed by atoms with van der Waals surface area (Å²) in [6.07, 6.45) is 2.39. The fourth-order valence-corrected chi connectivity index (χ4v) is 3.30. The van der Waals surface area contributed by atoms with Gasteiger partial charge in [-0.1, -0.05) is 31.1 Å². The van der Waals surface area contributed by atoms with Crippen LogP contribution in [0.3, 0.4) is 0 Å². The number of imidazole rings is 1. The van der Waals surface area contributed by atoms with E-state index in [0.29, 0.717) is 31.2 Å². The maximum Gasteiger partial charge on any atom is 0.335 e. The van der Waals surface area contributed by atoms with E-state index in [9.17, 15) is 4.79 Å². The number of hydrogen-bond donors (Lipinski definition) is 2. The van der Waals surface area contributed by atoms with Gasteiger partial charge in [-0.2, -0.15) is 4.98 Å². The Morgan fingerprint density at radius 3 is 2.81 bits per heavy atom. The highest BCUT2D eigenvalue weighted by molar-refractivity contribution is 5.87. The van der Waals surface area contributed by atoms with Crippen molar-refractivity contribution >= 4 is 5.97 Å². The molecule has 2 aromatic heterocycles. The fourth-order valence-electron chi connectivity index (χ4n) is 3.30. The first-order valence-electron chi connectivity index (χ1n) is 8.92. The number of benzene rings is 1. The van der Waals surface area contributed by atoms with Crippen molar-refractivity contribution in [3.05, 3.63) is 64.8 Å². The van der Waals surface area contributed by atoms with Crippen LogP contribution in [0.25, 0.3) is 0 Å². The average Bonchev–Trinajstić information content (AvgIpc) is 3.30. The Morgan fingerprint density at radius 1 is 1.37 bits per heavy atom. The van der Waals surface area contributed by atoms with Crippen LogP contribution in [0.5, 0.6) is 0 Å². The van der Waals surface area contributed by atoms with Crippen molar-refractivity contribution in [1.82, 2.24) is 25.0 Å². The van der Waals surface area contributed by atoms with E-state index in [1.54, 1.807) is 18.5 Å². The number of aromatic carboxylic acids is 1. The van der Waals surface area contributed by atoms with Crippen LogP contribution in [-0.4, -0.2) is 36.1 Å². The molecule has 8 heteroatoms. The minimum atomic E-state index is -0.924. The topological polar surface area (TPSA) is 108 Å². The minimum absolute atomic E-state index is 0.0695. The molecule has 3 aromatic rings. The molecular formula is C19H21N5O3. The first-order chi connectivity index (χ1) is 13.0. The summed E-state index contributed by atoms with van der Waals surface area (Å²) >= 11 is 0. The second kappa shape index (κ2) is 6.96. The van der Waals surface area contributed by atoms with Gasteiger partial charge in [-0.25, -0.2) is 9.78 Å². The zero-order chi connectivity index (χ0) is 19.0. The first kappa shape index (κ1) is 17.4. The summed E-state index contributed by atoms with van der Waals surface area (Å²) in [4.78, 5) is 25.5. The number of nitrogens with zero attached hydrogens (tertiary/aromatic N) is 4. The summed E-state index contributed by atoms with van der Waals surface area (Å²) < 4.78 is 5.56. The highest BCUT2D eigenvalue weighted by Crippen LogP contribution is 2.32. The molecule has 0 saturated heterocycles. The first-order valence-corrected chi connectivity index (χ1v) is 8.92. The van der Waals surface area contributed by atoms with Gasteiger partial charge in [0, 0.05) is 25.4 Å². The van der Waals surface area contributed by atoms with Gasteiger partial charge in [0.05, 0.1) is 29.3 Å². The molecule has 1 atom stereocenters. The number of fused-ring (bicyclic) bond motifs is 1. The average molecular weight is 367 g/mol. The van der Waals surface area contributed by atoms with Crippen molar-refractivity contribution in [1.29, 1.82) is 0 Å². The second-order valence-electron chi connectivity index (χ2n) is 7.10. The predicted octanol–water partition coefficient (Wildman–Crippen LogP) is 2.91. The van der Waals surface area contributed by atoms with E-state index < -0.39 is 5.97 Å². The smallest absolute Gasteiger partial charge is 0.335 e. The van der Waals surface area contributed by atoms with E-state index in [0.717, 1.165) is 17.0 Å². The summed E-state index contributed by atoms with van der Waals surface area (Å²) in [6, 6.07) is 6.87. The summed E-state index contributed by atoms with van der Waals surface area (Å²) in [5.41, 5.74) is 3.40. The number of H-pyrrole nitrogens is 1. The molecular weight excluding hydrogens is 346 g/mol. The second-order valence-corrected chi connectivity index (χ2v) is 7.10. The Hall–Kier alpha value is -3.00. The quantitative estimate of drug-likeness (QED) is 0.714. The van der Waals surface area contributed by atoms with Crippen molar-refractivity contribution in [2.45, 2.75) is 45.3 Å². The Balaban J connectivity index is 1.61. The predicted molar refractivity (Wildman–Crippen MR) is 96.1 cm³/mol. The van der Waals surface area contributed by atoms with Gasteiger partial charge < -0.3 is 14.6 Å². The molecule has 140 valence electrons. The molecule has 8 nitrogen and oxygen atoms in total. The third kappa shape index (κ3) is 3.48. The van der Waals surface area contributed by atoms with Crippen LogP contribution in [0.2, 0.25) is 0 Å². The van der Waals surface area contributed by atoms with Gasteiger partial charge in [0.1, 0.15) is 0 Å². The van der Waals surface area contributed by atoms with Gasteiger partial charge in [-0.15, -0.1) is 0 Å². The lowest BCUT2D eigenvalue weighted by Gasteiger charge is -2.32. The lowest BCUT2D eigenvalue weighted by molar-refractivity contribution is 0.0697. The van der Waals surface area contributed by atoms with Crippen molar-refractivity contribution in [3.8, 4) is 0 Å². The zero-order valence-corrected chi connectivity index (χ0v) is 15.2. The molecule has 0 spiro atoms. The highest BCUT2D eigenvalue weighted by Gasteiger charge is 2.33. The van der Waals surface area contributed by atoms with Crippen molar-refractivity contribution in [2.24, 2.45) is 0 Å². The van der Waals surface area contributed by atoms with Crippen LogP contribution < -0.4 is 0 Å². The molecule has 27 heavy (non-hydrogen) atoms. The van der Waals surface area contributed by atoms with Gasteiger partial charge >= 0.3 is 5.97 Å². The lowest BCUT2D eigenvalue weighted by atomic mass is 10.0. The summed E-state index contributed by atoms with van der Waals surface area (Å²) in [5, 5.41) is 13.2. The molecule has 0 unspecified atom stereocenters. The van der Waals surface area contributed by atoms with E-state index in [-0.39, 0.29) is 17.5 Å². The summed E-state index contributed by atoms with van der Waals surface area (Å²) in [7, 11) is 0. The molecule has 0 bridgehead atoms. The molecule has 0 amide bonds. The molecule has 0 aliphatic carbocycles. The number of aromatic nitrogens is 4. The van der Waals surface area contributed by atoms with Crippen LogP contribution in [0, 0.1) is 0 Å². The van der Waals surface area contributed by atoms with Crippen molar-refractivity contribution < 1.29 is 14.4 Å². The van der Waals surface area contributed by atoms with Crippen molar-refractivity contribution in [2.75, 3.05) is 0 Å². The molecule has 3 heterocycles. The highest BCUT2D eigenvalue weighted by atomic mass is 16.5. The molecule has 0 saturated carbocycles. The standard InChI is InChI=1S/C19H21N5O3/c1-11(2)17-22-18(27-23-17)16-7-14-15(21-10-20-14)9-24(16)8-12-3-5-13(6-4-12)19(25)26/h3-6,10-11,16H,7-9H2,1-2H3,(H,20,21)(H,25,26)/t16-/m0/s1. The zero-order valence-electron chi connectivity index (χ0n) is 15.2. The van der Waals surface area contributed by atoms with Crippen LogP contribution in [0.4, 0.5) is 0 Å². The number of carboxylic acids is 1. The van der Waals surface area contributed by atoms with Crippen LogP contribution >= 0.6 is 0 Å². The Morgan fingerprint density at radius 2 is 2.15 bits per heavy atom. The van der Waals surface area contributed by atoms with Gasteiger partial charge in [0.2, 0.25) is 5.89 Å². The number of carbonyl (C=O) groups is 1. The van der Waals surface area contributed by atoms with Gasteiger partial charge in [-0.05, 0) is 17.7 Å². The molecule has 1 aliphatic heterocycles. The van der Waals surface area contributed by atoms with E-state index >= 15 is 0 Å². The SMILES string of the molecule is CC(C)c1noc([C@@H]2Cc3nc[nH]c3CN2Cc2ccc(C(=O)O)cc2)n1. The summed E-state index contributed by atoms with van der Waals surface area (Å²) in [6.45, 7) is 5.38. The van der Waals surface area contributed by atoms with Crippen LogP contribution in [0.1, 0.15) is 64.8 Å². The van der Waals surface area contributed by atoms with Gasteiger partial charge in [-0.3, -0.25) is 4.90 Å². The van der Waals surface area contributed by atoms with E-state index in [1.807, 2.05) is 26.0 Å². The van der Waals surface area contributed by atoms with Crippen LogP contribution in [-0.2, 0) is 19.5 Å². The fraction of sp³-hybridized carbons (Fsp3) is 0.368. The van der Waals surface area contributed by atoms with Gasteiger partial charge in [0.15, 0.2) is 5.82 Å². The molecule has 1 aromatic carbocycles. The Bertz CT molecular complexity index is 944. The third-order valence-corrected chi connectivity index (χ3v) is 4.84. The largest absolute Gasteiger partial charge is 0.478 e. The van der Waals surface area contributed by atoms with E-state index in [1.165, 1.54) is 0 Å². The summed E-state index contributed by atoms with van der Waals surface area (Å²) in [5.74, 6) is 0.564. The number of rotatable bonds is 5. The Kier molecular flexibility index (Phi) is 4.49. The third-order valence-electron chi connectivity index (χ3n) is 4.84. The monoisotopic (exact) mass is 367 g/mol. The van der Waals surface area contributed by atoms with Crippen LogP contribution in [0.15, 0.2) is 35.1 Å². The van der Waals surface area contributed by atoms with E-state index in [2.05, 4.69) is 25.0 Å². The van der Waals surface area contributed by atoms with E-state index in [4.69, 9.17) is 9.63 Å². The molecule has 2 N–H and O–H groups in total. The van der Waals surface area contributed by atoms with Crippen molar-refractivity contribution in [3.63, 3.8) is 0 Å². The number of carboxylic acid groups (broad SMARTS) is 1. The molecule has 1 aliphatic rings.